The first kappa shape index (κ1) is 36.6. The number of H-pyrrole nitrogens is 1. The van der Waals surface area contributed by atoms with Crippen molar-refractivity contribution in [3.8, 4) is 0 Å². The van der Waals surface area contributed by atoms with Gasteiger partial charge in [0.1, 0.15) is 6.61 Å². The van der Waals surface area contributed by atoms with E-state index in [2.05, 4.69) is 67.8 Å². The third kappa shape index (κ3) is 28.5. The number of carbonyl (C=O) groups excluding carboxylic acids is 1. The van der Waals surface area contributed by atoms with Crippen LogP contribution < -0.4 is 31.9 Å². The molecule has 0 unspecified atom stereocenters. The molecule has 7 N–H and O–H groups in total. The maximum absolute atomic E-state index is 10.1. The monoisotopic (exact) mass is 565 g/mol. The van der Waals surface area contributed by atoms with Gasteiger partial charge in [-0.3, -0.25) is 4.79 Å². The van der Waals surface area contributed by atoms with E-state index in [1.54, 1.807) is 24.7 Å². The van der Waals surface area contributed by atoms with Crippen LogP contribution >= 0.6 is 0 Å². The number of aromatic amines is 1. The molecule has 7 heterocycles. The molecule has 9 nitrogen and oxygen atoms in total. The zero-order chi connectivity index (χ0) is 28.6. The summed E-state index contributed by atoms with van der Waals surface area (Å²) in [5.74, 6) is 0.0926. The first-order valence-electron chi connectivity index (χ1n) is 13.7. The highest BCUT2D eigenvalue weighted by atomic mass is 16.5. The van der Waals surface area contributed by atoms with Crippen LogP contribution in [-0.4, -0.2) is 50.2 Å². The Labute approximate surface area is 247 Å². The molecular weight excluding hydrogens is 514 g/mol. The van der Waals surface area contributed by atoms with E-state index >= 15 is 0 Å². The molecule has 1 aromatic heterocycles. The van der Waals surface area contributed by atoms with E-state index in [1.807, 2.05) is 61.4 Å². The van der Waals surface area contributed by atoms with Crippen LogP contribution in [0.4, 0.5) is 0 Å². The molecule has 9 heteroatoms. The minimum Gasteiger partial charge on any atom is -0.498 e. The van der Waals surface area contributed by atoms with Crippen molar-refractivity contribution in [1.29, 1.82) is 0 Å². The van der Waals surface area contributed by atoms with E-state index < -0.39 is 0 Å². The van der Waals surface area contributed by atoms with Crippen molar-refractivity contribution in [2.24, 2.45) is 0 Å². The molecule has 0 bridgehead atoms. The fraction of sp³-hybridized carbons (Fsp3) is 0.344. The molecule has 7 rings (SSSR count). The number of allylic oxidation sites excluding steroid dienone is 4. The van der Waals surface area contributed by atoms with Gasteiger partial charge in [-0.1, -0.05) is 50.5 Å². The lowest BCUT2D eigenvalue weighted by atomic mass is 10.2. The van der Waals surface area contributed by atoms with Gasteiger partial charge in [-0.05, 0) is 55.9 Å². The number of ether oxygens (including phenoxy) is 1. The van der Waals surface area contributed by atoms with Crippen LogP contribution in [0.15, 0.2) is 123 Å². The van der Waals surface area contributed by atoms with Crippen LogP contribution in [-0.2, 0) is 9.53 Å². The van der Waals surface area contributed by atoms with Gasteiger partial charge in [0.2, 0.25) is 5.91 Å². The third-order valence-electron chi connectivity index (χ3n) is 4.89. The number of aromatic nitrogens is 1. The lowest BCUT2D eigenvalue weighted by Gasteiger charge is -2.05. The second kappa shape index (κ2) is 30.2. The number of hydrogen-bond donors (Lipinski definition) is 7. The van der Waals surface area contributed by atoms with Crippen LogP contribution in [0.25, 0.3) is 0 Å². The SMILES string of the molecule is C.C1=CCNC1.C1=CNCC1.C1=CNCCC1.C1=COCCN1.C=C1C=CC=CN1.O=C1CC=CN1.c1cc[nH]c1. The molecule has 1 amide bonds. The van der Waals surface area contributed by atoms with Crippen LogP contribution in [0.2, 0.25) is 0 Å². The summed E-state index contributed by atoms with van der Waals surface area (Å²) >= 11 is 0. The molecule has 0 spiro atoms. The summed E-state index contributed by atoms with van der Waals surface area (Å²) in [4.78, 5) is 12.9. The molecular formula is C32H51N7O2. The first-order chi connectivity index (χ1) is 19.8. The second-order valence-corrected chi connectivity index (χ2v) is 8.35. The molecule has 6 aliphatic rings. The number of dihydropyridines is 1. The fourth-order valence-electron chi connectivity index (χ4n) is 2.86. The second-order valence-electron chi connectivity index (χ2n) is 8.35. The Bertz CT molecular complexity index is 853. The van der Waals surface area contributed by atoms with Crippen molar-refractivity contribution in [1.82, 2.24) is 36.9 Å². The summed E-state index contributed by atoms with van der Waals surface area (Å²) in [6.45, 7) is 9.85. The van der Waals surface area contributed by atoms with Gasteiger partial charge < -0.3 is 41.6 Å². The maximum Gasteiger partial charge on any atom is 0.227 e. The van der Waals surface area contributed by atoms with Crippen molar-refractivity contribution in [3.05, 3.63) is 123 Å². The highest BCUT2D eigenvalue weighted by Crippen LogP contribution is 1.93. The molecule has 0 saturated carbocycles. The van der Waals surface area contributed by atoms with Gasteiger partial charge in [0.05, 0.1) is 6.26 Å². The first-order valence-corrected chi connectivity index (χ1v) is 13.7. The Hall–Kier alpha value is -4.37. The molecule has 0 saturated heterocycles. The molecule has 0 aromatic carbocycles. The lowest BCUT2D eigenvalue weighted by molar-refractivity contribution is -0.118. The number of amides is 1. The zero-order valence-electron chi connectivity index (χ0n) is 23.5. The predicted molar refractivity (Wildman–Crippen MR) is 173 cm³/mol. The molecule has 226 valence electrons. The summed E-state index contributed by atoms with van der Waals surface area (Å²) in [5, 5.41) is 17.7. The largest absolute Gasteiger partial charge is 0.498 e. The number of hydrogen-bond acceptors (Lipinski definition) is 7. The van der Waals surface area contributed by atoms with Gasteiger partial charge in [0, 0.05) is 75.8 Å². The summed E-state index contributed by atoms with van der Waals surface area (Å²) in [6, 6.07) is 3.89. The Morgan fingerprint density at radius 2 is 1.46 bits per heavy atom. The van der Waals surface area contributed by atoms with Gasteiger partial charge in [0.15, 0.2) is 0 Å². The van der Waals surface area contributed by atoms with Gasteiger partial charge in [-0.2, -0.15) is 0 Å². The molecule has 0 radical (unpaired) electrons. The fourth-order valence-corrected chi connectivity index (χ4v) is 2.86. The van der Waals surface area contributed by atoms with E-state index in [4.69, 9.17) is 4.74 Å². The van der Waals surface area contributed by atoms with E-state index in [1.165, 1.54) is 19.3 Å². The van der Waals surface area contributed by atoms with Crippen molar-refractivity contribution in [3.63, 3.8) is 0 Å². The highest BCUT2D eigenvalue weighted by molar-refractivity contribution is 5.80. The Morgan fingerprint density at radius 3 is 1.66 bits per heavy atom. The number of carbonyl (C=O) groups is 1. The number of rotatable bonds is 0. The average molecular weight is 566 g/mol. The quantitative estimate of drug-likeness (QED) is 0.233. The predicted octanol–water partition coefficient (Wildman–Crippen LogP) is 4.44. The van der Waals surface area contributed by atoms with Crippen molar-refractivity contribution in [2.75, 3.05) is 39.3 Å². The van der Waals surface area contributed by atoms with Crippen molar-refractivity contribution < 1.29 is 9.53 Å². The zero-order valence-corrected chi connectivity index (χ0v) is 23.5. The minimum atomic E-state index is 0. The van der Waals surface area contributed by atoms with Gasteiger partial charge in [0.25, 0.3) is 0 Å². The van der Waals surface area contributed by atoms with E-state index in [-0.39, 0.29) is 13.3 Å². The van der Waals surface area contributed by atoms with Crippen LogP contribution in [0, 0.1) is 0 Å². The topological polar surface area (TPSA) is 114 Å². The molecule has 0 fully saturated rings. The number of nitrogens with one attached hydrogen (secondary N) is 7. The highest BCUT2D eigenvalue weighted by Gasteiger charge is 1.97. The van der Waals surface area contributed by atoms with Crippen molar-refractivity contribution >= 4 is 5.91 Å². The summed E-state index contributed by atoms with van der Waals surface area (Å²) in [6.07, 6.45) is 35.1. The standard InChI is InChI=1S/C6H7N.C5H9N.C4H7NO.C4H5NO.2C4H7N.C4H5N.CH4/c1-6-4-2-3-5-7-6;1-2-4-6-5-3-1;1-3-6-4-2-5-1;6-4-2-1-3-5-4;3*1-2-4-5-3-1;/h2-5,7H,1H2;2,4,6H,1,3,5H2;1,3,5H,2,4H2;1,3H,2H2,(H,5,6);1,3,5H,2,4H2;1-2,5H,3-4H2;1-5H;1H4. The van der Waals surface area contributed by atoms with Crippen LogP contribution in [0.1, 0.15) is 33.1 Å². The Kier molecular flexibility index (Phi) is 27.0. The normalized spacial score (nSPS) is 17.1. The Morgan fingerprint density at radius 1 is 0.732 bits per heavy atom. The maximum atomic E-state index is 10.1. The molecule has 6 aliphatic heterocycles. The Balaban J connectivity index is 0.000000455. The molecule has 41 heavy (non-hydrogen) atoms. The van der Waals surface area contributed by atoms with E-state index in [0.29, 0.717) is 6.42 Å². The van der Waals surface area contributed by atoms with Crippen LogP contribution in [0.3, 0.4) is 0 Å². The van der Waals surface area contributed by atoms with Crippen LogP contribution in [0.5, 0.6) is 0 Å². The molecule has 1 aromatic rings. The molecule has 0 atom stereocenters. The summed E-state index contributed by atoms with van der Waals surface area (Å²) in [5.41, 5.74) is 0.947. The smallest absolute Gasteiger partial charge is 0.227 e. The van der Waals surface area contributed by atoms with Gasteiger partial charge >= 0.3 is 0 Å². The van der Waals surface area contributed by atoms with Gasteiger partial charge in [-0.25, -0.2) is 0 Å². The summed E-state index contributed by atoms with van der Waals surface area (Å²) in [7, 11) is 0. The third-order valence-corrected chi connectivity index (χ3v) is 4.89. The lowest BCUT2D eigenvalue weighted by Crippen LogP contribution is -2.16. The summed E-state index contributed by atoms with van der Waals surface area (Å²) < 4.78 is 4.83. The van der Waals surface area contributed by atoms with E-state index in [0.717, 1.165) is 45.0 Å². The average Bonchev–Trinajstić information content (AvgIpc) is 3.87. The molecule has 0 aliphatic carbocycles. The van der Waals surface area contributed by atoms with Crippen molar-refractivity contribution in [2.45, 2.75) is 33.1 Å². The van der Waals surface area contributed by atoms with Gasteiger partial charge in [-0.15, -0.1) is 0 Å². The minimum absolute atomic E-state index is 0. The van der Waals surface area contributed by atoms with E-state index in [9.17, 15) is 4.79 Å².